The lowest BCUT2D eigenvalue weighted by molar-refractivity contribution is -0.137. The molecule has 2 aromatic heterocycles. The van der Waals surface area contributed by atoms with Crippen molar-refractivity contribution < 1.29 is 26.4 Å². The molecular formula is C21H22F3N5O3S. The number of nitrogens with zero attached hydrogens (tertiary/aromatic N) is 5. The molecule has 0 bridgehead atoms. The molecule has 0 aliphatic carbocycles. The van der Waals surface area contributed by atoms with Crippen LogP contribution in [0.3, 0.4) is 0 Å². The minimum atomic E-state index is -4.49. The number of benzene rings is 1. The number of rotatable bonds is 4. The van der Waals surface area contributed by atoms with Crippen molar-refractivity contribution in [1.29, 1.82) is 0 Å². The Hall–Kier alpha value is -2.99. The maximum Gasteiger partial charge on any atom is 0.417 e. The van der Waals surface area contributed by atoms with Crippen LogP contribution in [0.25, 0.3) is 5.65 Å². The van der Waals surface area contributed by atoms with E-state index in [-0.39, 0.29) is 23.3 Å². The van der Waals surface area contributed by atoms with Crippen LogP contribution in [0.1, 0.15) is 40.5 Å². The number of hydrogen-bond acceptors (Lipinski definition) is 5. The van der Waals surface area contributed by atoms with Crippen molar-refractivity contribution in [2.24, 2.45) is 0 Å². The van der Waals surface area contributed by atoms with Crippen LogP contribution in [-0.4, -0.2) is 65.3 Å². The predicted octanol–water partition coefficient (Wildman–Crippen LogP) is 3.02. The van der Waals surface area contributed by atoms with Gasteiger partial charge in [-0.15, -0.1) is 10.2 Å². The third kappa shape index (κ3) is 4.44. The number of piperidine rings is 1. The monoisotopic (exact) mass is 481 g/mol. The summed E-state index contributed by atoms with van der Waals surface area (Å²) in [5.74, 6) is -0.186. The van der Waals surface area contributed by atoms with Gasteiger partial charge >= 0.3 is 6.18 Å². The van der Waals surface area contributed by atoms with Crippen molar-refractivity contribution in [3.05, 3.63) is 59.5 Å². The second-order valence-corrected chi connectivity index (χ2v) is 10.3. The third-order valence-electron chi connectivity index (χ3n) is 5.71. The Morgan fingerprint density at radius 3 is 2.42 bits per heavy atom. The quantitative estimate of drug-likeness (QED) is 0.572. The molecule has 3 aromatic rings. The van der Waals surface area contributed by atoms with Crippen molar-refractivity contribution in [1.82, 2.24) is 23.8 Å². The minimum Gasteiger partial charge on any atom is -0.338 e. The highest BCUT2D eigenvalue weighted by molar-refractivity contribution is 7.89. The number of alkyl halides is 3. The predicted molar refractivity (Wildman–Crippen MR) is 113 cm³/mol. The number of hydrogen-bond donors (Lipinski definition) is 0. The number of aromatic nitrogens is 3. The number of carbonyl (C=O) groups is 1. The lowest BCUT2D eigenvalue weighted by Crippen LogP contribution is -2.39. The van der Waals surface area contributed by atoms with Crippen LogP contribution < -0.4 is 0 Å². The molecule has 0 saturated carbocycles. The molecule has 1 aliphatic rings. The van der Waals surface area contributed by atoms with E-state index in [1.165, 1.54) is 48.8 Å². The number of sulfonamides is 1. The zero-order valence-electron chi connectivity index (χ0n) is 18.0. The zero-order chi connectivity index (χ0) is 24.0. The number of carbonyl (C=O) groups excluding carboxylic acids is 1. The highest BCUT2D eigenvalue weighted by Gasteiger charge is 2.33. The van der Waals surface area contributed by atoms with Gasteiger partial charge < -0.3 is 4.90 Å². The average Bonchev–Trinajstić information content (AvgIpc) is 3.21. The number of amides is 1. The summed E-state index contributed by atoms with van der Waals surface area (Å²) in [5, 5.41) is 8.07. The SMILES string of the molecule is CN(C)S(=O)(=O)c1ccc(C(=O)N2CCCC(c3nnc4ccc(C(F)(F)F)cn34)C2)cc1. The first kappa shape index (κ1) is 23.2. The van der Waals surface area contributed by atoms with Gasteiger partial charge in [0.1, 0.15) is 5.82 Å². The van der Waals surface area contributed by atoms with Crippen LogP contribution in [0.2, 0.25) is 0 Å². The molecule has 0 radical (unpaired) electrons. The molecule has 1 aromatic carbocycles. The Morgan fingerprint density at radius 2 is 1.79 bits per heavy atom. The second kappa shape index (κ2) is 8.41. The van der Waals surface area contributed by atoms with E-state index in [1.54, 1.807) is 4.90 Å². The van der Waals surface area contributed by atoms with Crippen LogP contribution in [-0.2, 0) is 16.2 Å². The van der Waals surface area contributed by atoms with Gasteiger partial charge in [0.15, 0.2) is 5.65 Å². The normalized spacial score (nSPS) is 17.6. The largest absolute Gasteiger partial charge is 0.417 e. The Labute approximate surface area is 188 Å². The highest BCUT2D eigenvalue weighted by atomic mass is 32.2. The molecule has 3 heterocycles. The van der Waals surface area contributed by atoms with Gasteiger partial charge in [0.05, 0.1) is 10.5 Å². The summed E-state index contributed by atoms with van der Waals surface area (Å²) in [7, 11) is -0.758. The van der Waals surface area contributed by atoms with Gasteiger partial charge in [-0.25, -0.2) is 12.7 Å². The fraction of sp³-hybridized carbons (Fsp3) is 0.381. The smallest absolute Gasteiger partial charge is 0.338 e. The fourth-order valence-corrected chi connectivity index (χ4v) is 4.79. The molecule has 1 fully saturated rings. The van der Waals surface area contributed by atoms with Gasteiger partial charge in [0.25, 0.3) is 5.91 Å². The summed E-state index contributed by atoms with van der Waals surface area (Å²) in [5.41, 5.74) is -0.162. The first-order valence-electron chi connectivity index (χ1n) is 10.2. The number of likely N-dealkylation sites (tertiary alicyclic amines) is 1. The number of pyridine rings is 1. The number of fused-ring (bicyclic) bond motifs is 1. The van der Waals surface area contributed by atoms with Gasteiger partial charge in [-0.05, 0) is 49.2 Å². The molecular weight excluding hydrogens is 459 g/mol. The molecule has 0 N–H and O–H groups in total. The lowest BCUT2D eigenvalue weighted by atomic mass is 9.96. The molecule has 0 spiro atoms. The number of halogens is 3. The van der Waals surface area contributed by atoms with Crippen LogP contribution in [0, 0.1) is 0 Å². The van der Waals surface area contributed by atoms with Crippen molar-refractivity contribution >= 4 is 21.6 Å². The van der Waals surface area contributed by atoms with Crippen molar-refractivity contribution in [2.45, 2.75) is 29.8 Å². The zero-order valence-corrected chi connectivity index (χ0v) is 18.8. The van der Waals surface area contributed by atoms with Crippen LogP contribution >= 0.6 is 0 Å². The van der Waals surface area contributed by atoms with E-state index in [0.717, 1.165) is 16.6 Å². The van der Waals surface area contributed by atoms with E-state index in [0.29, 0.717) is 36.4 Å². The van der Waals surface area contributed by atoms with Crippen molar-refractivity contribution in [2.75, 3.05) is 27.2 Å². The Balaban J connectivity index is 1.56. The van der Waals surface area contributed by atoms with Crippen molar-refractivity contribution in [3.8, 4) is 0 Å². The van der Waals surface area contributed by atoms with Crippen LogP contribution in [0.4, 0.5) is 13.2 Å². The topological polar surface area (TPSA) is 87.9 Å². The Kier molecular flexibility index (Phi) is 5.91. The summed E-state index contributed by atoms with van der Waals surface area (Å²) in [6.45, 7) is 0.755. The van der Waals surface area contributed by atoms with Gasteiger partial charge in [-0.3, -0.25) is 9.20 Å². The van der Waals surface area contributed by atoms with E-state index in [2.05, 4.69) is 10.2 Å². The third-order valence-corrected chi connectivity index (χ3v) is 7.54. The van der Waals surface area contributed by atoms with E-state index in [9.17, 15) is 26.4 Å². The van der Waals surface area contributed by atoms with E-state index < -0.39 is 21.8 Å². The minimum absolute atomic E-state index is 0.0796. The maximum absolute atomic E-state index is 13.2. The molecule has 1 amide bonds. The molecule has 1 atom stereocenters. The standard InChI is InChI=1S/C21H22F3N5O3S/c1-27(2)33(31,32)17-8-5-14(6-9-17)20(30)28-11-3-4-15(12-28)19-26-25-18-10-7-16(13-29(18)19)21(22,23)24/h5-10,13,15H,3-4,11-12H2,1-2H3. The van der Waals surface area contributed by atoms with Crippen LogP contribution in [0.15, 0.2) is 47.5 Å². The first-order valence-corrected chi connectivity index (χ1v) is 11.7. The molecule has 33 heavy (non-hydrogen) atoms. The molecule has 1 aliphatic heterocycles. The Bertz CT molecular complexity index is 1290. The molecule has 8 nitrogen and oxygen atoms in total. The summed E-state index contributed by atoms with van der Waals surface area (Å²) in [4.78, 5) is 14.7. The van der Waals surface area contributed by atoms with E-state index in [4.69, 9.17) is 0 Å². The molecule has 1 unspecified atom stereocenters. The molecule has 176 valence electrons. The summed E-state index contributed by atoms with van der Waals surface area (Å²) < 4.78 is 66.3. The summed E-state index contributed by atoms with van der Waals surface area (Å²) in [6.07, 6.45) is -2.20. The molecule has 1 saturated heterocycles. The van der Waals surface area contributed by atoms with Crippen molar-refractivity contribution in [3.63, 3.8) is 0 Å². The van der Waals surface area contributed by atoms with Gasteiger partial charge in [-0.1, -0.05) is 0 Å². The van der Waals surface area contributed by atoms with Gasteiger partial charge in [0.2, 0.25) is 10.0 Å². The molecule has 12 heteroatoms. The second-order valence-electron chi connectivity index (χ2n) is 8.10. The van der Waals surface area contributed by atoms with E-state index in [1.807, 2.05) is 0 Å². The maximum atomic E-state index is 13.2. The summed E-state index contributed by atoms with van der Waals surface area (Å²) >= 11 is 0. The Morgan fingerprint density at radius 1 is 1.09 bits per heavy atom. The molecule has 4 rings (SSSR count). The highest BCUT2D eigenvalue weighted by Crippen LogP contribution is 2.31. The van der Waals surface area contributed by atoms with Gasteiger partial charge in [-0.2, -0.15) is 13.2 Å². The average molecular weight is 482 g/mol. The lowest BCUT2D eigenvalue weighted by Gasteiger charge is -2.32. The summed E-state index contributed by atoms with van der Waals surface area (Å²) in [6, 6.07) is 7.93. The van der Waals surface area contributed by atoms with Gasteiger partial charge in [0, 0.05) is 44.9 Å². The fourth-order valence-electron chi connectivity index (χ4n) is 3.89. The van der Waals surface area contributed by atoms with E-state index >= 15 is 0 Å². The van der Waals surface area contributed by atoms with Crippen LogP contribution in [0.5, 0.6) is 0 Å². The first-order chi connectivity index (χ1) is 15.5.